The monoisotopic (exact) mass is 307 g/mol. The zero-order valence-electron chi connectivity index (χ0n) is 12.5. The van der Waals surface area contributed by atoms with Gasteiger partial charge in [0.25, 0.3) is 0 Å². The van der Waals surface area contributed by atoms with E-state index < -0.39 is 0 Å². The largest absolute Gasteiger partial charge is 0.378 e. The van der Waals surface area contributed by atoms with Crippen molar-refractivity contribution in [1.82, 2.24) is 5.32 Å². The summed E-state index contributed by atoms with van der Waals surface area (Å²) in [6, 6.07) is 2.16. The zero-order valence-corrected chi connectivity index (χ0v) is 13.3. The lowest BCUT2D eigenvalue weighted by Gasteiger charge is -2.22. The number of nitrogens with one attached hydrogen (secondary N) is 2. The molecule has 0 unspecified atom stereocenters. The number of anilines is 1. The molecule has 21 heavy (non-hydrogen) atoms. The summed E-state index contributed by atoms with van der Waals surface area (Å²) in [6.07, 6.45) is 2.60. The number of nitrogens with zero attached hydrogens (tertiary/aromatic N) is 1. The lowest BCUT2D eigenvalue weighted by molar-refractivity contribution is -0.117. The van der Waals surface area contributed by atoms with Gasteiger partial charge in [-0.1, -0.05) is 0 Å². The van der Waals surface area contributed by atoms with Crippen molar-refractivity contribution < 1.29 is 9.53 Å². The van der Waals surface area contributed by atoms with Gasteiger partial charge in [0.1, 0.15) is 11.1 Å². The number of nitriles is 1. The molecule has 0 aliphatic carbocycles. The average Bonchev–Trinajstić information content (AvgIpc) is 2.74. The molecule has 1 aliphatic heterocycles. The van der Waals surface area contributed by atoms with Crippen LogP contribution in [0.2, 0.25) is 0 Å². The van der Waals surface area contributed by atoms with Crippen molar-refractivity contribution in [3.63, 3.8) is 0 Å². The minimum absolute atomic E-state index is 0.0957. The van der Waals surface area contributed by atoms with Crippen molar-refractivity contribution in [1.29, 1.82) is 5.26 Å². The maximum atomic E-state index is 11.9. The highest BCUT2D eigenvalue weighted by molar-refractivity contribution is 7.16. The summed E-state index contributed by atoms with van der Waals surface area (Å²) in [5.41, 5.74) is 1.52. The number of hydrogen-bond acceptors (Lipinski definition) is 5. The molecule has 1 aromatic heterocycles. The van der Waals surface area contributed by atoms with Crippen LogP contribution in [0.4, 0.5) is 5.00 Å². The van der Waals surface area contributed by atoms with Crippen molar-refractivity contribution in [3.8, 4) is 6.07 Å². The SMILES string of the molecule is Cc1sc(NC(=O)CCOC2CCNCC2)c(C#N)c1C. The Morgan fingerprint density at radius 3 is 2.86 bits per heavy atom. The van der Waals surface area contributed by atoms with Gasteiger partial charge in [0.2, 0.25) is 5.91 Å². The number of carbonyl (C=O) groups is 1. The van der Waals surface area contributed by atoms with Crippen molar-refractivity contribution in [3.05, 3.63) is 16.0 Å². The van der Waals surface area contributed by atoms with E-state index in [0.29, 0.717) is 23.6 Å². The molecule has 114 valence electrons. The Balaban J connectivity index is 1.79. The van der Waals surface area contributed by atoms with Crippen LogP contribution in [0, 0.1) is 25.2 Å². The topological polar surface area (TPSA) is 74.2 Å². The number of hydrogen-bond donors (Lipinski definition) is 2. The number of amides is 1. The highest BCUT2D eigenvalue weighted by atomic mass is 32.1. The van der Waals surface area contributed by atoms with Gasteiger partial charge in [0.05, 0.1) is 24.7 Å². The highest BCUT2D eigenvalue weighted by Gasteiger charge is 2.16. The van der Waals surface area contributed by atoms with E-state index in [1.54, 1.807) is 0 Å². The lowest BCUT2D eigenvalue weighted by Crippen LogP contribution is -2.33. The fraction of sp³-hybridized carbons (Fsp3) is 0.600. The minimum atomic E-state index is -0.0957. The van der Waals surface area contributed by atoms with E-state index in [4.69, 9.17) is 10.00 Å². The van der Waals surface area contributed by atoms with Crippen LogP contribution in [-0.2, 0) is 9.53 Å². The summed E-state index contributed by atoms with van der Waals surface area (Å²) < 4.78 is 5.71. The maximum absolute atomic E-state index is 11.9. The molecule has 2 rings (SSSR count). The third kappa shape index (κ3) is 4.27. The van der Waals surface area contributed by atoms with Crippen LogP contribution in [0.3, 0.4) is 0 Å². The van der Waals surface area contributed by atoms with E-state index >= 15 is 0 Å². The third-order valence-corrected chi connectivity index (χ3v) is 4.84. The number of piperidine rings is 1. The van der Waals surface area contributed by atoms with Crippen molar-refractivity contribution in [2.75, 3.05) is 25.0 Å². The van der Waals surface area contributed by atoms with Gasteiger partial charge < -0.3 is 15.4 Å². The molecule has 5 nitrogen and oxygen atoms in total. The first-order valence-electron chi connectivity index (χ1n) is 7.24. The fourth-order valence-electron chi connectivity index (χ4n) is 2.32. The van der Waals surface area contributed by atoms with E-state index in [0.717, 1.165) is 36.4 Å². The van der Waals surface area contributed by atoms with E-state index in [1.165, 1.54) is 11.3 Å². The van der Waals surface area contributed by atoms with Gasteiger partial charge >= 0.3 is 0 Å². The molecular weight excluding hydrogens is 286 g/mol. The Bertz CT molecular complexity index is 542. The Labute approximate surface area is 129 Å². The second-order valence-electron chi connectivity index (χ2n) is 5.22. The Morgan fingerprint density at radius 1 is 1.48 bits per heavy atom. The quantitative estimate of drug-likeness (QED) is 0.875. The average molecular weight is 307 g/mol. The van der Waals surface area contributed by atoms with Gasteiger partial charge in [-0.25, -0.2) is 0 Å². The lowest BCUT2D eigenvalue weighted by atomic mass is 10.1. The van der Waals surface area contributed by atoms with Crippen LogP contribution in [0.25, 0.3) is 0 Å². The van der Waals surface area contributed by atoms with Crippen LogP contribution < -0.4 is 10.6 Å². The molecular formula is C15H21N3O2S. The smallest absolute Gasteiger partial charge is 0.227 e. The summed E-state index contributed by atoms with van der Waals surface area (Å²) in [5, 5.41) is 15.9. The number of carbonyl (C=O) groups excluding carboxylic acids is 1. The van der Waals surface area contributed by atoms with Gasteiger partial charge in [-0.2, -0.15) is 5.26 Å². The molecule has 2 heterocycles. The van der Waals surface area contributed by atoms with Crippen LogP contribution >= 0.6 is 11.3 Å². The molecule has 0 atom stereocenters. The second kappa shape index (κ2) is 7.55. The summed E-state index contributed by atoms with van der Waals surface area (Å²) >= 11 is 1.45. The highest BCUT2D eigenvalue weighted by Crippen LogP contribution is 2.31. The molecule has 1 fully saturated rings. The first-order chi connectivity index (χ1) is 10.1. The summed E-state index contributed by atoms with van der Waals surface area (Å²) in [4.78, 5) is 13.0. The molecule has 0 saturated carbocycles. The molecule has 0 radical (unpaired) electrons. The minimum Gasteiger partial charge on any atom is -0.378 e. The first-order valence-corrected chi connectivity index (χ1v) is 8.05. The molecule has 6 heteroatoms. The molecule has 0 aromatic carbocycles. The Morgan fingerprint density at radius 2 is 2.19 bits per heavy atom. The van der Waals surface area contributed by atoms with Gasteiger partial charge in [0, 0.05) is 4.88 Å². The summed E-state index contributed by atoms with van der Waals surface area (Å²) in [6.45, 7) is 6.25. The fourth-order valence-corrected chi connectivity index (χ4v) is 3.35. The van der Waals surface area contributed by atoms with Crippen LogP contribution in [0.5, 0.6) is 0 Å². The van der Waals surface area contributed by atoms with Crippen molar-refractivity contribution in [2.24, 2.45) is 0 Å². The van der Waals surface area contributed by atoms with Crippen molar-refractivity contribution in [2.45, 2.75) is 39.2 Å². The molecule has 1 saturated heterocycles. The van der Waals surface area contributed by atoms with Crippen LogP contribution in [0.15, 0.2) is 0 Å². The molecule has 1 aliphatic rings. The number of ether oxygens (including phenoxy) is 1. The van der Waals surface area contributed by atoms with Crippen molar-refractivity contribution >= 4 is 22.2 Å². The standard InChI is InChI=1S/C15H21N3O2S/c1-10-11(2)21-15(13(10)9-16)18-14(19)5-8-20-12-3-6-17-7-4-12/h12,17H,3-8H2,1-2H3,(H,18,19). The van der Waals surface area contributed by atoms with E-state index in [9.17, 15) is 4.79 Å². The zero-order chi connectivity index (χ0) is 15.2. The molecule has 0 bridgehead atoms. The van der Waals surface area contributed by atoms with Gasteiger partial charge in [-0.05, 0) is 45.3 Å². The second-order valence-corrected chi connectivity index (χ2v) is 6.44. The predicted octanol–water partition coefficient (Wildman–Crippen LogP) is 2.33. The molecule has 0 spiro atoms. The number of aryl methyl sites for hydroxylation is 1. The van der Waals surface area contributed by atoms with Gasteiger partial charge in [-0.3, -0.25) is 4.79 Å². The van der Waals surface area contributed by atoms with Crippen LogP contribution in [-0.4, -0.2) is 31.7 Å². The van der Waals surface area contributed by atoms with Gasteiger partial charge in [-0.15, -0.1) is 11.3 Å². The summed E-state index contributed by atoms with van der Waals surface area (Å²) in [7, 11) is 0. The predicted molar refractivity (Wildman–Crippen MR) is 83.6 cm³/mol. The normalized spacial score (nSPS) is 15.7. The van der Waals surface area contributed by atoms with Crippen LogP contribution in [0.1, 0.15) is 35.3 Å². The number of thiophene rings is 1. The third-order valence-electron chi connectivity index (χ3n) is 3.72. The van der Waals surface area contributed by atoms with Gasteiger partial charge in [0.15, 0.2) is 0 Å². The Kier molecular flexibility index (Phi) is 5.74. The first kappa shape index (κ1) is 16.0. The van der Waals surface area contributed by atoms with E-state index in [2.05, 4.69) is 16.7 Å². The van der Waals surface area contributed by atoms with E-state index in [-0.39, 0.29) is 12.0 Å². The molecule has 1 amide bonds. The van der Waals surface area contributed by atoms with E-state index in [1.807, 2.05) is 13.8 Å². The summed E-state index contributed by atoms with van der Waals surface area (Å²) in [5.74, 6) is -0.0957. The maximum Gasteiger partial charge on any atom is 0.227 e. The Hall–Kier alpha value is -1.42. The molecule has 2 N–H and O–H groups in total. The number of rotatable bonds is 5. The molecule has 1 aromatic rings.